The van der Waals surface area contributed by atoms with Gasteiger partial charge in [-0.3, -0.25) is 9.59 Å². The first-order valence-corrected chi connectivity index (χ1v) is 5.44. The SMILES string of the molecule is COC(OC)C(=O)CC(=O)c1ccc(F)cc1Cl. The largest absolute Gasteiger partial charge is 0.349 e. The number of hydrogen-bond donors (Lipinski definition) is 0. The molecule has 0 aliphatic carbocycles. The smallest absolute Gasteiger partial charge is 0.217 e. The molecule has 1 rings (SSSR count). The first-order valence-electron chi connectivity index (χ1n) is 5.06. The zero-order chi connectivity index (χ0) is 13.7. The monoisotopic (exact) mass is 274 g/mol. The van der Waals surface area contributed by atoms with Crippen molar-refractivity contribution in [3.8, 4) is 0 Å². The quantitative estimate of drug-likeness (QED) is 0.453. The summed E-state index contributed by atoms with van der Waals surface area (Å²) in [5, 5.41) is -0.0285. The van der Waals surface area contributed by atoms with Crippen molar-refractivity contribution in [2.45, 2.75) is 12.7 Å². The average Bonchev–Trinajstić information content (AvgIpc) is 2.30. The van der Waals surface area contributed by atoms with Crippen molar-refractivity contribution in [2.24, 2.45) is 0 Å². The van der Waals surface area contributed by atoms with E-state index in [4.69, 9.17) is 21.1 Å². The van der Waals surface area contributed by atoms with Gasteiger partial charge in [-0.25, -0.2) is 4.39 Å². The summed E-state index contributed by atoms with van der Waals surface area (Å²) >= 11 is 5.72. The Balaban J connectivity index is 2.79. The van der Waals surface area contributed by atoms with E-state index in [0.29, 0.717) is 0 Å². The standard InChI is InChI=1S/C12H12ClFO4/c1-17-12(18-2)11(16)6-10(15)8-4-3-7(14)5-9(8)13/h3-5,12H,6H2,1-2H3. The molecule has 6 heteroatoms. The lowest BCUT2D eigenvalue weighted by Crippen LogP contribution is -2.27. The van der Waals surface area contributed by atoms with Crippen molar-refractivity contribution in [1.82, 2.24) is 0 Å². The third-order valence-corrected chi connectivity index (χ3v) is 2.57. The normalized spacial score (nSPS) is 10.7. The van der Waals surface area contributed by atoms with Crippen molar-refractivity contribution in [3.63, 3.8) is 0 Å². The number of hydrogen-bond acceptors (Lipinski definition) is 4. The minimum Gasteiger partial charge on any atom is -0.349 e. The third-order valence-electron chi connectivity index (χ3n) is 2.26. The summed E-state index contributed by atoms with van der Waals surface area (Å²) in [4.78, 5) is 23.4. The number of Topliss-reactive ketones (excluding diaryl/α,β-unsaturated/α-hetero) is 2. The molecular weight excluding hydrogens is 263 g/mol. The van der Waals surface area contributed by atoms with Gasteiger partial charge in [-0.2, -0.15) is 0 Å². The van der Waals surface area contributed by atoms with E-state index in [1.54, 1.807) is 0 Å². The van der Waals surface area contributed by atoms with Gasteiger partial charge in [0.25, 0.3) is 0 Å². The van der Waals surface area contributed by atoms with Crippen LogP contribution in [0.4, 0.5) is 4.39 Å². The molecule has 1 aromatic rings. The highest BCUT2D eigenvalue weighted by atomic mass is 35.5. The number of carbonyl (C=O) groups excluding carboxylic acids is 2. The molecule has 18 heavy (non-hydrogen) atoms. The Morgan fingerprint density at radius 2 is 1.94 bits per heavy atom. The maximum absolute atomic E-state index is 12.8. The minimum atomic E-state index is -1.09. The highest BCUT2D eigenvalue weighted by Crippen LogP contribution is 2.19. The molecule has 0 saturated heterocycles. The van der Waals surface area contributed by atoms with Gasteiger partial charge in [0.15, 0.2) is 11.6 Å². The maximum atomic E-state index is 12.8. The summed E-state index contributed by atoms with van der Waals surface area (Å²) in [6, 6.07) is 3.36. The molecule has 0 spiro atoms. The van der Waals surface area contributed by atoms with Crippen molar-refractivity contribution in [1.29, 1.82) is 0 Å². The van der Waals surface area contributed by atoms with Crippen LogP contribution in [-0.2, 0) is 14.3 Å². The topological polar surface area (TPSA) is 52.6 Å². The highest BCUT2D eigenvalue weighted by molar-refractivity contribution is 6.34. The van der Waals surface area contributed by atoms with Crippen LogP contribution in [0.3, 0.4) is 0 Å². The van der Waals surface area contributed by atoms with Crippen LogP contribution in [0.2, 0.25) is 5.02 Å². The molecule has 0 atom stereocenters. The van der Waals surface area contributed by atoms with Crippen LogP contribution in [0.1, 0.15) is 16.8 Å². The zero-order valence-electron chi connectivity index (χ0n) is 9.91. The van der Waals surface area contributed by atoms with E-state index in [1.165, 1.54) is 20.3 Å². The van der Waals surface area contributed by atoms with E-state index in [-0.39, 0.29) is 10.6 Å². The molecule has 98 valence electrons. The number of ketones is 2. The number of ether oxygens (including phenoxy) is 2. The molecule has 0 N–H and O–H groups in total. The Morgan fingerprint density at radius 1 is 1.33 bits per heavy atom. The highest BCUT2D eigenvalue weighted by Gasteiger charge is 2.22. The number of carbonyl (C=O) groups is 2. The predicted molar refractivity (Wildman–Crippen MR) is 63.2 cm³/mol. The first-order chi connectivity index (χ1) is 8.49. The molecule has 0 aliphatic heterocycles. The number of halogens is 2. The second-order valence-electron chi connectivity index (χ2n) is 3.49. The second kappa shape index (κ2) is 6.58. The van der Waals surface area contributed by atoms with Crippen LogP contribution >= 0.6 is 11.6 Å². The van der Waals surface area contributed by atoms with Gasteiger partial charge in [0.2, 0.25) is 6.29 Å². The Hall–Kier alpha value is -1.30. The summed E-state index contributed by atoms with van der Waals surface area (Å²) < 4.78 is 22.3. The van der Waals surface area contributed by atoms with E-state index in [9.17, 15) is 14.0 Å². The summed E-state index contributed by atoms with van der Waals surface area (Å²) in [6.07, 6.45) is -1.51. The fraction of sp³-hybridized carbons (Fsp3) is 0.333. The van der Waals surface area contributed by atoms with E-state index in [0.717, 1.165) is 12.1 Å². The summed E-state index contributed by atoms with van der Waals surface area (Å²) in [5.41, 5.74) is 0.0948. The van der Waals surface area contributed by atoms with Crippen LogP contribution < -0.4 is 0 Å². The van der Waals surface area contributed by atoms with Crippen LogP contribution in [0.5, 0.6) is 0 Å². The molecule has 4 nitrogen and oxygen atoms in total. The molecule has 0 bridgehead atoms. The Bertz CT molecular complexity index is 457. The fourth-order valence-electron chi connectivity index (χ4n) is 1.41. The maximum Gasteiger partial charge on any atom is 0.217 e. The molecule has 0 radical (unpaired) electrons. The van der Waals surface area contributed by atoms with Crippen molar-refractivity contribution < 1.29 is 23.5 Å². The number of rotatable bonds is 6. The first kappa shape index (κ1) is 14.8. The molecular formula is C12H12ClFO4. The fourth-order valence-corrected chi connectivity index (χ4v) is 1.68. The molecule has 0 amide bonds. The molecule has 0 heterocycles. The summed E-state index contributed by atoms with van der Waals surface area (Å²) in [6.45, 7) is 0. The number of methoxy groups -OCH3 is 2. The lowest BCUT2D eigenvalue weighted by atomic mass is 10.1. The molecule has 0 aliphatic rings. The second-order valence-corrected chi connectivity index (χ2v) is 3.90. The lowest BCUT2D eigenvalue weighted by molar-refractivity contribution is -0.155. The number of benzene rings is 1. The Kier molecular flexibility index (Phi) is 5.40. The van der Waals surface area contributed by atoms with Gasteiger partial charge >= 0.3 is 0 Å². The van der Waals surface area contributed by atoms with Gasteiger partial charge in [-0.15, -0.1) is 0 Å². The van der Waals surface area contributed by atoms with E-state index < -0.39 is 30.1 Å². The molecule has 0 fully saturated rings. The van der Waals surface area contributed by atoms with Crippen molar-refractivity contribution in [2.75, 3.05) is 14.2 Å². The average molecular weight is 275 g/mol. The summed E-state index contributed by atoms with van der Waals surface area (Å²) in [7, 11) is 2.59. The molecule has 0 unspecified atom stereocenters. The minimum absolute atomic E-state index is 0.0285. The summed E-state index contributed by atoms with van der Waals surface area (Å²) in [5.74, 6) is -1.58. The van der Waals surface area contributed by atoms with Gasteiger partial charge < -0.3 is 9.47 Å². The van der Waals surface area contributed by atoms with E-state index >= 15 is 0 Å². The van der Waals surface area contributed by atoms with Gasteiger partial charge in [-0.05, 0) is 18.2 Å². The van der Waals surface area contributed by atoms with Crippen LogP contribution in [0.25, 0.3) is 0 Å². The van der Waals surface area contributed by atoms with E-state index in [2.05, 4.69) is 0 Å². The Labute approximate surface area is 109 Å². The van der Waals surface area contributed by atoms with Gasteiger partial charge in [0.1, 0.15) is 5.82 Å². The lowest BCUT2D eigenvalue weighted by Gasteiger charge is -2.11. The molecule has 1 aromatic carbocycles. The van der Waals surface area contributed by atoms with Gasteiger partial charge in [0, 0.05) is 19.8 Å². The molecule has 0 saturated carbocycles. The van der Waals surface area contributed by atoms with Gasteiger partial charge in [-0.1, -0.05) is 11.6 Å². The third kappa shape index (κ3) is 3.60. The van der Waals surface area contributed by atoms with Gasteiger partial charge in [0.05, 0.1) is 11.4 Å². The van der Waals surface area contributed by atoms with Crippen molar-refractivity contribution >= 4 is 23.2 Å². The molecule has 0 aromatic heterocycles. The Morgan fingerprint density at radius 3 is 2.44 bits per heavy atom. The van der Waals surface area contributed by atoms with Crippen LogP contribution in [0.15, 0.2) is 18.2 Å². The van der Waals surface area contributed by atoms with Crippen molar-refractivity contribution in [3.05, 3.63) is 34.6 Å². The zero-order valence-corrected chi connectivity index (χ0v) is 10.7. The predicted octanol–water partition coefficient (Wildman–Crippen LogP) is 2.24. The van der Waals surface area contributed by atoms with Crippen LogP contribution in [-0.4, -0.2) is 32.1 Å². The van der Waals surface area contributed by atoms with Crippen LogP contribution in [0, 0.1) is 5.82 Å². The van der Waals surface area contributed by atoms with E-state index in [1.807, 2.05) is 0 Å².